The second kappa shape index (κ2) is 13.7. The molecule has 0 radical (unpaired) electrons. The number of hydrogen-bond donors (Lipinski definition) is 2. The molecule has 4 aromatic rings. The maximum absolute atomic E-state index is 13.2. The molecule has 0 saturated carbocycles. The SMILES string of the molecule is CCN(C(=O)c1cccc(NC(=S)NC(=O)c2ccccc2OCCOc2ccccc2)c1)c1ccccc1. The highest BCUT2D eigenvalue weighted by Gasteiger charge is 2.17. The van der Waals surface area contributed by atoms with Crippen molar-refractivity contribution < 1.29 is 19.1 Å². The summed E-state index contributed by atoms with van der Waals surface area (Å²) in [6, 6.07) is 32.8. The van der Waals surface area contributed by atoms with Crippen LogP contribution in [0.4, 0.5) is 11.4 Å². The van der Waals surface area contributed by atoms with Crippen molar-refractivity contribution in [2.45, 2.75) is 6.92 Å². The number of carbonyl (C=O) groups excluding carboxylic acids is 2. The largest absolute Gasteiger partial charge is 0.490 e. The van der Waals surface area contributed by atoms with Gasteiger partial charge in [-0.2, -0.15) is 0 Å². The maximum atomic E-state index is 13.2. The van der Waals surface area contributed by atoms with Gasteiger partial charge in [-0.25, -0.2) is 0 Å². The monoisotopic (exact) mass is 539 g/mol. The predicted octanol–water partition coefficient (Wildman–Crippen LogP) is 5.94. The van der Waals surface area contributed by atoms with E-state index in [1.165, 1.54) is 0 Å². The molecule has 0 aromatic heterocycles. The maximum Gasteiger partial charge on any atom is 0.261 e. The van der Waals surface area contributed by atoms with Crippen LogP contribution in [0, 0.1) is 0 Å². The summed E-state index contributed by atoms with van der Waals surface area (Å²) in [5.41, 5.74) is 2.24. The Morgan fingerprint density at radius 1 is 0.795 bits per heavy atom. The molecule has 39 heavy (non-hydrogen) atoms. The first kappa shape index (κ1) is 27.3. The van der Waals surface area contributed by atoms with E-state index in [1.54, 1.807) is 53.4 Å². The van der Waals surface area contributed by atoms with Gasteiger partial charge in [0, 0.05) is 23.5 Å². The average Bonchev–Trinajstić information content (AvgIpc) is 2.97. The topological polar surface area (TPSA) is 79.9 Å². The van der Waals surface area contributed by atoms with Gasteiger partial charge >= 0.3 is 0 Å². The molecule has 0 spiro atoms. The fourth-order valence-corrected chi connectivity index (χ4v) is 4.09. The lowest BCUT2D eigenvalue weighted by molar-refractivity contribution is 0.0969. The lowest BCUT2D eigenvalue weighted by Crippen LogP contribution is -2.34. The molecule has 2 amide bonds. The lowest BCUT2D eigenvalue weighted by atomic mass is 10.1. The van der Waals surface area contributed by atoms with Crippen molar-refractivity contribution in [2.75, 3.05) is 30.0 Å². The summed E-state index contributed by atoms with van der Waals surface area (Å²) < 4.78 is 11.4. The Balaban J connectivity index is 1.34. The first-order chi connectivity index (χ1) is 19.0. The molecule has 0 unspecified atom stereocenters. The van der Waals surface area contributed by atoms with Crippen LogP contribution >= 0.6 is 12.2 Å². The Morgan fingerprint density at radius 3 is 2.21 bits per heavy atom. The summed E-state index contributed by atoms with van der Waals surface area (Å²) >= 11 is 5.38. The second-order valence-corrected chi connectivity index (χ2v) is 8.79. The molecular weight excluding hydrogens is 510 g/mol. The Hall–Kier alpha value is -4.69. The third-order valence-corrected chi connectivity index (χ3v) is 5.91. The summed E-state index contributed by atoms with van der Waals surface area (Å²) in [7, 11) is 0. The van der Waals surface area contributed by atoms with Crippen molar-refractivity contribution in [1.82, 2.24) is 5.32 Å². The summed E-state index contributed by atoms with van der Waals surface area (Å²) in [6.07, 6.45) is 0. The van der Waals surface area contributed by atoms with E-state index in [9.17, 15) is 9.59 Å². The zero-order chi connectivity index (χ0) is 27.5. The minimum atomic E-state index is -0.416. The predicted molar refractivity (Wildman–Crippen MR) is 158 cm³/mol. The summed E-state index contributed by atoms with van der Waals surface area (Å²) in [4.78, 5) is 27.8. The van der Waals surface area contributed by atoms with Crippen molar-refractivity contribution >= 4 is 40.5 Å². The molecule has 0 heterocycles. The molecule has 4 rings (SSSR count). The van der Waals surface area contributed by atoms with E-state index in [1.807, 2.05) is 67.6 Å². The van der Waals surface area contributed by atoms with Crippen molar-refractivity contribution in [3.8, 4) is 11.5 Å². The van der Waals surface area contributed by atoms with Crippen molar-refractivity contribution in [3.63, 3.8) is 0 Å². The number of amides is 2. The molecule has 0 aliphatic heterocycles. The number of para-hydroxylation sites is 3. The second-order valence-electron chi connectivity index (χ2n) is 8.38. The molecule has 0 aliphatic carbocycles. The van der Waals surface area contributed by atoms with Crippen LogP contribution in [0.1, 0.15) is 27.6 Å². The quantitative estimate of drug-likeness (QED) is 0.192. The van der Waals surface area contributed by atoms with Crippen LogP contribution in [0.5, 0.6) is 11.5 Å². The number of nitrogens with zero attached hydrogens (tertiary/aromatic N) is 1. The highest BCUT2D eigenvalue weighted by atomic mass is 32.1. The molecular formula is C31H29N3O4S. The van der Waals surface area contributed by atoms with Gasteiger partial charge in [0.15, 0.2) is 5.11 Å². The van der Waals surface area contributed by atoms with Crippen LogP contribution in [0.3, 0.4) is 0 Å². The zero-order valence-corrected chi connectivity index (χ0v) is 22.3. The smallest absolute Gasteiger partial charge is 0.261 e. The van der Waals surface area contributed by atoms with Gasteiger partial charge in [0.25, 0.3) is 11.8 Å². The number of thiocarbonyl (C=S) groups is 1. The Morgan fingerprint density at radius 2 is 1.46 bits per heavy atom. The normalized spacial score (nSPS) is 10.3. The van der Waals surface area contributed by atoms with Gasteiger partial charge in [-0.15, -0.1) is 0 Å². The van der Waals surface area contributed by atoms with Gasteiger partial charge in [-0.3, -0.25) is 14.9 Å². The lowest BCUT2D eigenvalue weighted by Gasteiger charge is -2.21. The van der Waals surface area contributed by atoms with Crippen molar-refractivity contribution in [2.24, 2.45) is 0 Å². The molecule has 0 bridgehead atoms. The molecule has 4 aromatic carbocycles. The summed E-state index contributed by atoms with van der Waals surface area (Å²) in [5.74, 6) is 0.615. The number of ether oxygens (including phenoxy) is 2. The zero-order valence-electron chi connectivity index (χ0n) is 21.5. The van der Waals surface area contributed by atoms with E-state index in [0.717, 1.165) is 11.4 Å². The number of nitrogens with one attached hydrogen (secondary N) is 2. The van der Waals surface area contributed by atoms with Gasteiger partial charge in [0.1, 0.15) is 24.7 Å². The van der Waals surface area contributed by atoms with Crippen LogP contribution < -0.4 is 25.0 Å². The van der Waals surface area contributed by atoms with Crippen LogP contribution in [-0.4, -0.2) is 36.7 Å². The van der Waals surface area contributed by atoms with E-state index in [-0.39, 0.29) is 17.6 Å². The van der Waals surface area contributed by atoms with Gasteiger partial charge in [-0.05, 0) is 73.7 Å². The molecule has 7 nitrogen and oxygen atoms in total. The number of anilines is 2. The number of benzene rings is 4. The molecule has 0 aliphatic rings. The van der Waals surface area contributed by atoms with E-state index in [0.29, 0.717) is 35.7 Å². The van der Waals surface area contributed by atoms with E-state index in [4.69, 9.17) is 21.7 Å². The van der Waals surface area contributed by atoms with Crippen LogP contribution in [0.15, 0.2) is 109 Å². The fourth-order valence-electron chi connectivity index (χ4n) is 3.88. The summed E-state index contributed by atoms with van der Waals surface area (Å²) in [6.45, 7) is 3.04. The van der Waals surface area contributed by atoms with Gasteiger partial charge < -0.3 is 19.7 Å². The molecule has 8 heteroatoms. The Labute approximate surface area is 233 Å². The molecule has 0 saturated heterocycles. The third-order valence-electron chi connectivity index (χ3n) is 5.71. The van der Waals surface area contributed by atoms with Crippen LogP contribution in [0.25, 0.3) is 0 Å². The minimum absolute atomic E-state index is 0.0993. The average molecular weight is 540 g/mol. The number of hydrogen-bond acceptors (Lipinski definition) is 5. The van der Waals surface area contributed by atoms with Crippen molar-refractivity contribution in [1.29, 1.82) is 0 Å². The summed E-state index contributed by atoms with van der Waals surface area (Å²) in [5, 5.41) is 5.78. The molecule has 0 fully saturated rings. The molecule has 0 atom stereocenters. The first-order valence-electron chi connectivity index (χ1n) is 12.5. The van der Waals surface area contributed by atoms with Crippen molar-refractivity contribution in [3.05, 3.63) is 120 Å². The number of carbonyl (C=O) groups is 2. The van der Waals surface area contributed by atoms with Gasteiger partial charge in [-0.1, -0.05) is 54.6 Å². The minimum Gasteiger partial charge on any atom is -0.490 e. The third kappa shape index (κ3) is 7.66. The standard InChI is InChI=1S/C31H29N3O4S/c1-2-34(25-14-5-3-6-15-25)30(36)23-12-11-13-24(22-23)32-31(39)33-29(35)27-18-9-10-19-28(27)38-21-20-37-26-16-7-4-8-17-26/h3-19,22H,2,20-21H2,1H3,(H2,32,33,35,39). The van der Waals surface area contributed by atoms with Gasteiger partial charge in [0.2, 0.25) is 0 Å². The van der Waals surface area contributed by atoms with Gasteiger partial charge in [0.05, 0.1) is 5.56 Å². The van der Waals surface area contributed by atoms with Crippen LogP contribution in [0.2, 0.25) is 0 Å². The van der Waals surface area contributed by atoms with E-state index >= 15 is 0 Å². The highest BCUT2D eigenvalue weighted by Crippen LogP contribution is 2.20. The Kier molecular flexibility index (Phi) is 9.63. The first-order valence-corrected chi connectivity index (χ1v) is 12.9. The molecule has 198 valence electrons. The fraction of sp³-hybridized carbons (Fsp3) is 0.129. The number of rotatable bonds is 10. The molecule has 2 N–H and O–H groups in total. The highest BCUT2D eigenvalue weighted by molar-refractivity contribution is 7.80. The Bertz CT molecular complexity index is 1410. The van der Waals surface area contributed by atoms with E-state index in [2.05, 4.69) is 10.6 Å². The van der Waals surface area contributed by atoms with Crippen LogP contribution in [-0.2, 0) is 0 Å². The van der Waals surface area contributed by atoms with E-state index < -0.39 is 5.91 Å².